The van der Waals surface area contributed by atoms with Gasteiger partial charge in [-0.15, -0.1) is 0 Å². The molecule has 21 heavy (non-hydrogen) atoms. The molecule has 1 N–H and O–H groups in total. The minimum atomic E-state index is -0.658. The predicted octanol–water partition coefficient (Wildman–Crippen LogP) is 3.59. The average Bonchev–Trinajstić information content (AvgIpc) is 2.52. The van der Waals surface area contributed by atoms with Crippen molar-refractivity contribution in [2.24, 2.45) is 0 Å². The van der Waals surface area contributed by atoms with E-state index >= 15 is 0 Å². The highest BCUT2D eigenvalue weighted by Gasteiger charge is 2.26. The quantitative estimate of drug-likeness (QED) is 0.935. The molecule has 1 heterocycles. The van der Waals surface area contributed by atoms with E-state index in [2.05, 4.69) is 0 Å². The molecule has 0 radical (unpaired) electrons. The number of para-hydroxylation sites is 1. The zero-order chi connectivity index (χ0) is 14.7. The van der Waals surface area contributed by atoms with Gasteiger partial charge in [-0.2, -0.15) is 0 Å². The highest BCUT2D eigenvalue weighted by Crippen LogP contribution is 2.41. The summed E-state index contributed by atoms with van der Waals surface area (Å²) >= 11 is 0. The van der Waals surface area contributed by atoms with Crippen LogP contribution in [0.5, 0.6) is 11.5 Å². The van der Waals surface area contributed by atoms with Gasteiger partial charge in [-0.25, -0.2) is 0 Å². The van der Waals surface area contributed by atoms with Crippen molar-refractivity contribution >= 4 is 6.08 Å². The molecule has 0 aliphatic carbocycles. The molecule has 0 saturated carbocycles. The lowest BCUT2D eigenvalue weighted by atomic mass is 9.96. The number of ether oxygens (including phenoxy) is 2. The number of aliphatic hydroxyl groups is 1. The molecular weight excluding hydrogens is 264 g/mol. The number of hydrogen-bond donors (Lipinski definition) is 1. The molecule has 0 spiro atoms. The predicted molar refractivity (Wildman–Crippen MR) is 82.5 cm³/mol. The van der Waals surface area contributed by atoms with Crippen LogP contribution in [0.1, 0.15) is 24.2 Å². The van der Waals surface area contributed by atoms with Crippen LogP contribution in [0, 0.1) is 0 Å². The molecule has 1 aliphatic rings. The highest BCUT2D eigenvalue weighted by molar-refractivity contribution is 5.59. The van der Waals surface area contributed by atoms with Gasteiger partial charge in [0, 0.05) is 11.1 Å². The van der Waals surface area contributed by atoms with Gasteiger partial charge in [-0.3, -0.25) is 0 Å². The first-order valence-corrected chi connectivity index (χ1v) is 7.11. The van der Waals surface area contributed by atoms with Gasteiger partial charge in [0.1, 0.15) is 12.7 Å². The number of aliphatic hydroxyl groups excluding tert-OH is 1. The van der Waals surface area contributed by atoms with Crippen molar-refractivity contribution < 1.29 is 14.6 Å². The van der Waals surface area contributed by atoms with Crippen LogP contribution < -0.4 is 9.47 Å². The van der Waals surface area contributed by atoms with Gasteiger partial charge in [-0.1, -0.05) is 42.5 Å². The van der Waals surface area contributed by atoms with Crippen LogP contribution in [0.2, 0.25) is 0 Å². The van der Waals surface area contributed by atoms with E-state index in [1.165, 1.54) is 0 Å². The molecule has 2 aromatic rings. The van der Waals surface area contributed by atoms with Crippen molar-refractivity contribution in [3.63, 3.8) is 0 Å². The summed E-state index contributed by atoms with van der Waals surface area (Å²) in [7, 11) is 0. The Morgan fingerprint density at radius 3 is 2.76 bits per heavy atom. The fourth-order valence-electron chi connectivity index (χ4n) is 2.49. The summed E-state index contributed by atoms with van der Waals surface area (Å²) in [5.41, 5.74) is 2.66. The van der Waals surface area contributed by atoms with E-state index in [4.69, 9.17) is 9.47 Å². The van der Waals surface area contributed by atoms with Crippen LogP contribution in [0.25, 0.3) is 6.08 Å². The molecule has 3 rings (SSSR count). The summed E-state index contributed by atoms with van der Waals surface area (Å²) in [6.07, 6.45) is 1.32. The van der Waals surface area contributed by atoms with E-state index in [1.54, 1.807) is 0 Å². The molecule has 0 bridgehead atoms. The fraction of sp³-hybridized carbons (Fsp3) is 0.222. The van der Waals surface area contributed by atoms with Crippen LogP contribution in [-0.4, -0.2) is 18.3 Å². The van der Waals surface area contributed by atoms with Crippen molar-refractivity contribution in [1.29, 1.82) is 0 Å². The van der Waals surface area contributed by atoms with E-state index < -0.39 is 6.10 Å². The molecular formula is C18H18O3. The molecule has 3 nitrogen and oxygen atoms in total. The maximum atomic E-state index is 10.6. The maximum Gasteiger partial charge on any atom is 0.167 e. The Morgan fingerprint density at radius 2 is 2.00 bits per heavy atom. The van der Waals surface area contributed by atoms with Crippen molar-refractivity contribution in [2.45, 2.75) is 13.0 Å². The third-order valence-corrected chi connectivity index (χ3v) is 3.49. The standard InChI is InChI=1S/C18H18O3/c1-2-20-16-10-6-9-15-17(19)14(12-21-18(15)16)11-13-7-4-3-5-8-13/h3-11,17,19H,2,12H2,1H3/b14-11-/t17-/m0/s1. The summed E-state index contributed by atoms with van der Waals surface area (Å²) in [5.74, 6) is 1.34. The Hall–Kier alpha value is -2.26. The molecule has 0 unspecified atom stereocenters. The van der Waals surface area contributed by atoms with Gasteiger partial charge in [0.05, 0.1) is 6.61 Å². The van der Waals surface area contributed by atoms with Gasteiger partial charge in [0.25, 0.3) is 0 Å². The Bertz CT molecular complexity index is 647. The lowest BCUT2D eigenvalue weighted by Crippen LogP contribution is -2.18. The van der Waals surface area contributed by atoms with Crippen LogP contribution in [-0.2, 0) is 0 Å². The van der Waals surface area contributed by atoms with Crippen molar-refractivity contribution in [2.75, 3.05) is 13.2 Å². The Kier molecular flexibility index (Phi) is 3.93. The van der Waals surface area contributed by atoms with E-state index in [1.807, 2.05) is 61.5 Å². The lowest BCUT2D eigenvalue weighted by molar-refractivity contribution is 0.167. The van der Waals surface area contributed by atoms with Crippen LogP contribution >= 0.6 is 0 Å². The Labute approximate surface area is 124 Å². The van der Waals surface area contributed by atoms with Gasteiger partial charge in [0.15, 0.2) is 11.5 Å². The Balaban J connectivity index is 1.94. The van der Waals surface area contributed by atoms with E-state index in [9.17, 15) is 5.11 Å². The van der Waals surface area contributed by atoms with Gasteiger partial charge >= 0.3 is 0 Å². The summed E-state index contributed by atoms with van der Waals surface area (Å²) in [6, 6.07) is 15.5. The summed E-state index contributed by atoms with van der Waals surface area (Å²) < 4.78 is 11.4. The molecule has 3 heteroatoms. The lowest BCUT2D eigenvalue weighted by Gasteiger charge is -2.26. The molecule has 0 aromatic heterocycles. The normalized spacial score (nSPS) is 19.0. The maximum absolute atomic E-state index is 10.6. The molecule has 1 atom stereocenters. The highest BCUT2D eigenvalue weighted by atomic mass is 16.5. The summed E-state index contributed by atoms with van der Waals surface area (Å²) in [6.45, 7) is 2.87. The zero-order valence-electron chi connectivity index (χ0n) is 12.0. The SMILES string of the molecule is CCOc1cccc2c1OC/C(=C/c1ccccc1)[C@@H]2O. The Morgan fingerprint density at radius 1 is 1.19 bits per heavy atom. The third-order valence-electron chi connectivity index (χ3n) is 3.49. The smallest absolute Gasteiger partial charge is 0.167 e. The van der Waals surface area contributed by atoms with Gasteiger partial charge in [0.2, 0.25) is 0 Å². The molecule has 2 aromatic carbocycles. The molecule has 0 amide bonds. The van der Waals surface area contributed by atoms with Crippen LogP contribution in [0.15, 0.2) is 54.1 Å². The number of rotatable bonds is 3. The van der Waals surface area contributed by atoms with Crippen molar-refractivity contribution in [1.82, 2.24) is 0 Å². The third kappa shape index (κ3) is 2.78. The number of hydrogen-bond acceptors (Lipinski definition) is 3. The second-order valence-electron chi connectivity index (χ2n) is 4.93. The first kappa shape index (κ1) is 13.7. The summed E-state index contributed by atoms with van der Waals surface area (Å²) in [5, 5.41) is 10.6. The van der Waals surface area contributed by atoms with Gasteiger partial charge < -0.3 is 14.6 Å². The minimum Gasteiger partial charge on any atom is -0.490 e. The summed E-state index contributed by atoms with van der Waals surface area (Å²) in [4.78, 5) is 0. The van der Waals surface area contributed by atoms with E-state index in [0.717, 1.165) is 16.7 Å². The fourth-order valence-corrected chi connectivity index (χ4v) is 2.49. The molecule has 1 aliphatic heterocycles. The largest absolute Gasteiger partial charge is 0.490 e. The first-order valence-electron chi connectivity index (χ1n) is 7.11. The second-order valence-corrected chi connectivity index (χ2v) is 4.93. The average molecular weight is 282 g/mol. The van der Waals surface area contributed by atoms with Gasteiger partial charge in [-0.05, 0) is 24.6 Å². The van der Waals surface area contributed by atoms with E-state index in [-0.39, 0.29) is 0 Å². The monoisotopic (exact) mass is 282 g/mol. The number of fused-ring (bicyclic) bond motifs is 1. The first-order chi connectivity index (χ1) is 10.3. The molecule has 108 valence electrons. The van der Waals surface area contributed by atoms with Crippen molar-refractivity contribution in [3.8, 4) is 11.5 Å². The molecule has 0 saturated heterocycles. The van der Waals surface area contributed by atoms with Crippen LogP contribution in [0.3, 0.4) is 0 Å². The minimum absolute atomic E-state index is 0.368. The zero-order valence-corrected chi connectivity index (χ0v) is 12.0. The molecule has 0 fully saturated rings. The van der Waals surface area contributed by atoms with Crippen LogP contribution in [0.4, 0.5) is 0 Å². The van der Waals surface area contributed by atoms with Crippen molar-refractivity contribution in [3.05, 3.63) is 65.2 Å². The number of benzene rings is 2. The topological polar surface area (TPSA) is 38.7 Å². The second kappa shape index (κ2) is 6.02. The van der Waals surface area contributed by atoms with E-state index in [0.29, 0.717) is 24.7 Å².